The van der Waals surface area contributed by atoms with Crippen molar-refractivity contribution in [2.24, 2.45) is 0 Å². The van der Waals surface area contributed by atoms with E-state index in [9.17, 15) is 4.79 Å². The van der Waals surface area contributed by atoms with Crippen molar-refractivity contribution in [2.75, 3.05) is 11.6 Å². The minimum atomic E-state index is -0.238. The summed E-state index contributed by atoms with van der Waals surface area (Å²) in [5.41, 5.74) is 5.34. The van der Waals surface area contributed by atoms with Gasteiger partial charge in [0.05, 0.1) is 5.69 Å². The molecule has 0 spiro atoms. The van der Waals surface area contributed by atoms with E-state index in [1.807, 2.05) is 38.1 Å². The van der Waals surface area contributed by atoms with Gasteiger partial charge in [0.25, 0.3) is 5.91 Å². The molecule has 2 aromatic rings. The highest BCUT2D eigenvalue weighted by atomic mass is 16.2. The molecule has 1 heterocycles. The number of hydrazine groups is 1. The molecule has 5 heteroatoms. The van der Waals surface area contributed by atoms with Crippen molar-refractivity contribution in [1.82, 2.24) is 15.4 Å². The van der Waals surface area contributed by atoms with Crippen LogP contribution in [0.5, 0.6) is 0 Å². The van der Waals surface area contributed by atoms with Crippen molar-refractivity contribution in [3.05, 3.63) is 53.6 Å². The van der Waals surface area contributed by atoms with E-state index in [-0.39, 0.29) is 5.91 Å². The van der Waals surface area contributed by atoms with E-state index in [0.29, 0.717) is 18.1 Å². The fraction of sp³-hybridized carbons (Fsp3) is 0.267. The number of hydrogen-bond donors (Lipinski definition) is 1. The van der Waals surface area contributed by atoms with Crippen LogP contribution in [0, 0.1) is 13.8 Å². The summed E-state index contributed by atoms with van der Waals surface area (Å²) in [4.78, 5) is 20.3. The van der Waals surface area contributed by atoms with Gasteiger partial charge in [-0.2, -0.15) is 0 Å². The number of carbonyl (C=O) groups is 1. The molecule has 0 bridgehead atoms. The van der Waals surface area contributed by atoms with Gasteiger partial charge in [-0.3, -0.25) is 15.2 Å². The van der Waals surface area contributed by atoms with Crippen LogP contribution in [0.1, 0.15) is 28.8 Å². The molecule has 0 saturated carbocycles. The molecular formula is C15H18N4O. The number of rotatable bonds is 4. The van der Waals surface area contributed by atoms with Gasteiger partial charge in [-0.05, 0) is 39.0 Å². The van der Waals surface area contributed by atoms with Crippen LogP contribution in [-0.2, 0) is 0 Å². The molecule has 0 aliphatic carbocycles. The SMILES string of the molecule is CCN(NC(=O)c1ccnc(C)n1)c1ccc(C)cc1. The fourth-order valence-corrected chi connectivity index (χ4v) is 1.81. The summed E-state index contributed by atoms with van der Waals surface area (Å²) in [6.45, 7) is 6.43. The Bertz CT molecular complexity index is 595. The summed E-state index contributed by atoms with van der Waals surface area (Å²) in [5, 5.41) is 1.79. The molecule has 0 aliphatic rings. The number of nitrogens with zero attached hydrogens (tertiary/aromatic N) is 3. The van der Waals surface area contributed by atoms with Crippen LogP contribution < -0.4 is 10.4 Å². The predicted molar refractivity (Wildman–Crippen MR) is 78.4 cm³/mol. The van der Waals surface area contributed by atoms with Crippen LogP contribution in [0.4, 0.5) is 5.69 Å². The second-order valence-corrected chi connectivity index (χ2v) is 4.51. The minimum absolute atomic E-state index is 0.238. The first-order chi connectivity index (χ1) is 9.60. The third-order valence-electron chi connectivity index (χ3n) is 2.91. The Kier molecular flexibility index (Phi) is 4.30. The van der Waals surface area contributed by atoms with Crippen LogP contribution >= 0.6 is 0 Å². The molecule has 0 fully saturated rings. The van der Waals surface area contributed by atoms with E-state index >= 15 is 0 Å². The lowest BCUT2D eigenvalue weighted by Crippen LogP contribution is -2.42. The lowest BCUT2D eigenvalue weighted by molar-refractivity contribution is 0.0944. The second-order valence-electron chi connectivity index (χ2n) is 4.51. The van der Waals surface area contributed by atoms with Crippen molar-refractivity contribution < 1.29 is 4.79 Å². The molecule has 1 aromatic heterocycles. The molecule has 0 aliphatic heterocycles. The van der Waals surface area contributed by atoms with E-state index in [0.717, 1.165) is 5.69 Å². The minimum Gasteiger partial charge on any atom is -0.286 e. The molecule has 1 amide bonds. The summed E-state index contributed by atoms with van der Waals surface area (Å²) in [7, 11) is 0. The van der Waals surface area contributed by atoms with Crippen LogP contribution in [-0.4, -0.2) is 22.4 Å². The topological polar surface area (TPSA) is 58.1 Å². The maximum absolute atomic E-state index is 12.2. The smallest absolute Gasteiger partial charge is 0.286 e. The number of aromatic nitrogens is 2. The lowest BCUT2D eigenvalue weighted by atomic mass is 10.2. The summed E-state index contributed by atoms with van der Waals surface area (Å²) in [5.74, 6) is 0.342. The maximum atomic E-state index is 12.2. The second kappa shape index (κ2) is 6.14. The number of anilines is 1. The van der Waals surface area contributed by atoms with Crippen molar-refractivity contribution in [2.45, 2.75) is 20.8 Å². The number of nitrogens with one attached hydrogen (secondary N) is 1. The first-order valence-electron chi connectivity index (χ1n) is 6.55. The highest BCUT2D eigenvalue weighted by Crippen LogP contribution is 2.13. The van der Waals surface area contributed by atoms with Crippen molar-refractivity contribution in [3.63, 3.8) is 0 Å². The van der Waals surface area contributed by atoms with Gasteiger partial charge in [-0.25, -0.2) is 9.97 Å². The zero-order valence-electron chi connectivity index (χ0n) is 11.9. The fourth-order valence-electron chi connectivity index (χ4n) is 1.81. The average Bonchev–Trinajstić information content (AvgIpc) is 2.45. The Morgan fingerprint density at radius 2 is 1.90 bits per heavy atom. The maximum Gasteiger partial charge on any atom is 0.288 e. The van der Waals surface area contributed by atoms with E-state index in [1.54, 1.807) is 24.2 Å². The molecule has 20 heavy (non-hydrogen) atoms. The van der Waals surface area contributed by atoms with Crippen molar-refractivity contribution >= 4 is 11.6 Å². The molecule has 2 rings (SSSR count). The molecular weight excluding hydrogens is 252 g/mol. The number of carbonyl (C=O) groups excluding carboxylic acids is 1. The van der Waals surface area contributed by atoms with Gasteiger partial charge < -0.3 is 0 Å². The molecule has 104 valence electrons. The summed E-state index contributed by atoms with van der Waals surface area (Å²) in [6, 6.07) is 9.58. The van der Waals surface area contributed by atoms with Crippen molar-refractivity contribution in [3.8, 4) is 0 Å². The average molecular weight is 270 g/mol. The van der Waals surface area contributed by atoms with Gasteiger partial charge in [-0.1, -0.05) is 17.7 Å². The molecule has 1 aromatic carbocycles. The van der Waals surface area contributed by atoms with Gasteiger partial charge in [0.15, 0.2) is 0 Å². The number of amides is 1. The van der Waals surface area contributed by atoms with E-state index in [1.165, 1.54) is 5.56 Å². The van der Waals surface area contributed by atoms with Crippen LogP contribution in [0.25, 0.3) is 0 Å². The summed E-state index contributed by atoms with van der Waals surface area (Å²) < 4.78 is 0. The van der Waals surface area contributed by atoms with Gasteiger partial charge >= 0.3 is 0 Å². The highest BCUT2D eigenvalue weighted by molar-refractivity contribution is 5.93. The first-order valence-corrected chi connectivity index (χ1v) is 6.55. The molecule has 0 unspecified atom stereocenters. The first kappa shape index (κ1) is 14.0. The predicted octanol–water partition coefficient (Wildman–Crippen LogP) is 2.26. The quantitative estimate of drug-likeness (QED) is 0.866. The Labute approximate surface area is 118 Å². The Morgan fingerprint density at radius 3 is 2.50 bits per heavy atom. The van der Waals surface area contributed by atoms with E-state index in [4.69, 9.17) is 0 Å². The Hall–Kier alpha value is -2.43. The molecule has 0 atom stereocenters. The van der Waals surface area contributed by atoms with E-state index in [2.05, 4.69) is 15.4 Å². The Balaban J connectivity index is 2.14. The third-order valence-corrected chi connectivity index (χ3v) is 2.91. The van der Waals surface area contributed by atoms with Crippen LogP contribution in [0.15, 0.2) is 36.5 Å². The van der Waals surface area contributed by atoms with Gasteiger partial charge in [0, 0.05) is 12.7 Å². The van der Waals surface area contributed by atoms with Gasteiger partial charge in [0.1, 0.15) is 11.5 Å². The number of hydrogen-bond acceptors (Lipinski definition) is 4. The standard InChI is InChI=1S/C15H18N4O/c1-4-19(13-7-5-11(2)6-8-13)18-15(20)14-9-10-16-12(3)17-14/h5-10H,4H2,1-3H3,(H,18,20). The van der Waals surface area contributed by atoms with E-state index < -0.39 is 0 Å². The normalized spacial score (nSPS) is 10.2. The van der Waals surface area contributed by atoms with Gasteiger partial charge in [-0.15, -0.1) is 0 Å². The molecule has 5 nitrogen and oxygen atoms in total. The molecule has 0 saturated heterocycles. The van der Waals surface area contributed by atoms with Crippen molar-refractivity contribution in [1.29, 1.82) is 0 Å². The van der Waals surface area contributed by atoms with Crippen LogP contribution in [0.3, 0.4) is 0 Å². The Morgan fingerprint density at radius 1 is 1.20 bits per heavy atom. The van der Waals surface area contributed by atoms with Gasteiger partial charge in [0.2, 0.25) is 0 Å². The molecule has 0 radical (unpaired) electrons. The third kappa shape index (κ3) is 3.32. The number of benzene rings is 1. The van der Waals surface area contributed by atoms with Crippen LogP contribution in [0.2, 0.25) is 0 Å². The molecule has 1 N–H and O–H groups in total. The zero-order chi connectivity index (χ0) is 14.5. The summed E-state index contributed by atoms with van der Waals surface area (Å²) >= 11 is 0. The largest absolute Gasteiger partial charge is 0.288 e. The zero-order valence-corrected chi connectivity index (χ0v) is 11.9. The monoisotopic (exact) mass is 270 g/mol. The summed E-state index contributed by atoms with van der Waals surface area (Å²) in [6.07, 6.45) is 1.58. The number of aryl methyl sites for hydroxylation is 2. The lowest BCUT2D eigenvalue weighted by Gasteiger charge is -2.23. The highest BCUT2D eigenvalue weighted by Gasteiger charge is 2.12.